The molecule has 3 aromatic rings. The first-order valence-corrected chi connectivity index (χ1v) is 8.22. The Morgan fingerprint density at radius 2 is 1.35 bits per heavy atom. The molecule has 1 atom stereocenters. The van der Waals surface area contributed by atoms with Gasteiger partial charge < -0.3 is 5.11 Å². The summed E-state index contributed by atoms with van der Waals surface area (Å²) >= 11 is 1.37. The van der Waals surface area contributed by atoms with Crippen LogP contribution in [0.15, 0.2) is 89.8 Å². The zero-order valence-electron chi connectivity index (χ0n) is 12.4. The summed E-state index contributed by atoms with van der Waals surface area (Å²) in [5, 5.41) is 9.63. The van der Waals surface area contributed by atoms with Crippen molar-refractivity contribution in [2.45, 2.75) is 10.1 Å². The van der Waals surface area contributed by atoms with Crippen LogP contribution in [0.5, 0.6) is 5.75 Å². The molecule has 114 valence electrons. The van der Waals surface area contributed by atoms with Gasteiger partial charge in [0.15, 0.2) is 5.78 Å². The number of thioether (sulfide) groups is 1. The molecule has 0 fully saturated rings. The molecule has 0 spiro atoms. The van der Waals surface area contributed by atoms with Crippen LogP contribution in [0.25, 0.3) is 0 Å². The summed E-state index contributed by atoms with van der Waals surface area (Å²) in [6.45, 7) is 0. The Kier molecular flexibility index (Phi) is 4.79. The van der Waals surface area contributed by atoms with E-state index in [0.29, 0.717) is 10.5 Å². The Bertz CT molecular complexity index is 785. The Morgan fingerprint density at radius 3 is 2.00 bits per heavy atom. The monoisotopic (exact) mass is 320 g/mol. The van der Waals surface area contributed by atoms with Gasteiger partial charge in [0.1, 0.15) is 5.75 Å². The molecule has 0 aliphatic rings. The van der Waals surface area contributed by atoms with Crippen LogP contribution in [0.4, 0.5) is 0 Å². The molecule has 1 N–H and O–H groups in total. The Balaban J connectivity index is 1.98. The minimum absolute atomic E-state index is 0.0325. The largest absolute Gasteiger partial charge is 0.507 e. The van der Waals surface area contributed by atoms with E-state index in [9.17, 15) is 9.90 Å². The van der Waals surface area contributed by atoms with Crippen LogP contribution < -0.4 is 0 Å². The highest BCUT2D eigenvalue weighted by Crippen LogP contribution is 2.41. The number of ketones is 1. The number of benzene rings is 3. The second-order valence-electron chi connectivity index (χ2n) is 5.11. The van der Waals surface area contributed by atoms with Crippen molar-refractivity contribution < 1.29 is 9.90 Å². The van der Waals surface area contributed by atoms with Crippen LogP contribution in [0, 0.1) is 0 Å². The average Bonchev–Trinajstić information content (AvgIpc) is 2.62. The molecule has 0 heterocycles. The highest BCUT2D eigenvalue weighted by molar-refractivity contribution is 8.00. The number of carbonyl (C=O) groups excluding carboxylic acids is 1. The first-order chi connectivity index (χ1) is 11.3. The van der Waals surface area contributed by atoms with Crippen molar-refractivity contribution in [3.63, 3.8) is 0 Å². The molecule has 3 rings (SSSR count). The number of hydrogen-bond acceptors (Lipinski definition) is 3. The molecule has 0 saturated carbocycles. The SMILES string of the molecule is O=C(c1ccccc1)C(Sc1ccccc1O)c1ccccc1. The van der Waals surface area contributed by atoms with Gasteiger partial charge in [-0.25, -0.2) is 0 Å². The van der Waals surface area contributed by atoms with Gasteiger partial charge in [0.25, 0.3) is 0 Å². The molecule has 1 unspecified atom stereocenters. The van der Waals surface area contributed by atoms with Crippen molar-refractivity contribution in [1.29, 1.82) is 0 Å². The second-order valence-corrected chi connectivity index (χ2v) is 6.25. The van der Waals surface area contributed by atoms with Crippen molar-refractivity contribution >= 4 is 17.5 Å². The summed E-state index contributed by atoms with van der Waals surface area (Å²) in [7, 11) is 0. The molecule has 0 radical (unpaired) electrons. The van der Waals surface area contributed by atoms with Crippen LogP contribution in [-0.4, -0.2) is 10.9 Å². The van der Waals surface area contributed by atoms with Crippen molar-refractivity contribution in [3.05, 3.63) is 96.1 Å². The molecule has 0 amide bonds. The maximum atomic E-state index is 13.0. The first kappa shape index (κ1) is 15.4. The minimum atomic E-state index is -0.396. The highest BCUT2D eigenvalue weighted by atomic mass is 32.2. The lowest BCUT2D eigenvalue weighted by Gasteiger charge is -2.17. The molecule has 0 saturated heterocycles. The quantitative estimate of drug-likeness (QED) is 0.524. The van der Waals surface area contributed by atoms with Crippen LogP contribution in [0.2, 0.25) is 0 Å². The molecule has 3 aromatic carbocycles. The summed E-state index contributed by atoms with van der Waals surface area (Å²) in [4.78, 5) is 13.7. The maximum Gasteiger partial charge on any atom is 0.180 e. The third kappa shape index (κ3) is 3.63. The van der Waals surface area contributed by atoms with Gasteiger partial charge >= 0.3 is 0 Å². The van der Waals surface area contributed by atoms with E-state index in [-0.39, 0.29) is 11.5 Å². The number of carbonyl (C=O) groups is 1. The van der Waals surface area contributed by atoms with Crippen LogP contribution in [-0.2, 0) is 0 Å². The fraction of sp³-hybridized carbons (Fsp3) is 0.0500. The summed E-state index contributed by atoms with van der Waals surface area (Å²) in [5.41, 5.74) is 1.60. The van der Waals surface area contributed by atoms with E-state index in [2.05, 4.69) is 0 Å². The normalized spacial score (nSPS) is 11.8. The van der Waals surface area contributed by atoms with Crippen molar-refractivity contribution in [3.8, 4) is 5.75 Å². The number of rotatable bonds is 5. The summed E-state index contributed by atoms with van der Waals surface area (Å²) in [6.07, 6.45) is 0. The third-order valence-corrected chi connectivity index (χ3v) is 4.83. The first-order valence-electron chi connectivity index (χ1n) is 7.34. The number of phenols is 1. The lowest BCUT2D eigenvalue weighted by molar-refractivity contribution is 0.0989. The maximum absolute atomic E-state index is 13.0. The van der Waals surface area contributed by atoms with Gasteiger partial charge in [0.05, 0.1) is 10.1 Å². The van der Waals surface area contributed by atoms with Gasteiger partial charge in [-0.3, -0.25) is 4.79 Å². The minimum Gasteiger partial charge on any atom is -0.507 e. The third-order valence-electron chi connectivity index (χ3n) is 3.51. The zero-order chi connectivity index (χ0) is 16.1. The molecule has 3 heteroatoms. The number of para-hydroxylation sites is 1. The number of hydrogen-bond donors (Lipinski definition) is 1. The van der Waals surface area contributed by atoms with E-state index in [1.54, 1.807) is 12.1 Å². The fourth-order valence-corrected chi connectivity index (χ4v) is 3.47. The number of aromatic hydroxyl groups is 1. The Hall–Kier alpha value is -2.52. The van der Waals surface area contributed by atoms with Crippen molar-refractivity contribution in [2.75, 3.05) is 0 Å². The molecule has 23 heavy (non-hydrogen) atoms. The molecule has 0 aliphatic heterocycles. The molecular weight excluding hydrogens is 304 g/mol. The lowest BCUT2D eigenvalue weighted by Crippen LogP contribution is -2.09. The van der Waals surface area contributed by atoms with Crippen LogP contribution in [0.1, 0.15) is 21.2 Å². The van der Waals surface area contributed by atoms with Crippen LogP contribution in [0.3, 0.4) is 0 Å². The van der Waals surface area contributed by atoms with Gasteiger partial charge in [-0.05, 0) is 17.7 Å². The summed E-state index contributed by atoms with van der Waals surface area (Å²) < 4.78 is 0. The van der Waals surface area contributed by atoms with Gasteiger partial charge in [0, 0.05) is 5.56 Å². The van der Waals surface area contributed by atoms with Crippen LogP contribution >= 0.6 is 11.8 Å². The smallest absolute Gasteiger partial charge is 0.180 e. The summed E-state index contributed by atoms with van der Waals surface area (Å²) in [5.74, 6) is 0.226. The molecular formula is C20H16O2S. The predicted octanol–water partition coefficient (Wildman–Crippen LogP) is 5.11. The number of Topliss-reactive ketones (excluding diaryl/α,β-unsaturated/α-hetero) is 1. The van der Waals surface area contributed by atoms with Gasteiger partial charge in [-0.1, -0.05) is 72.8 Å². The van der Waals surface area contributed by atoms with Crippen molar-refractivity contribution in [1.82, 2.24) is 0 Å². The molecule has 0 bridgehead atoms. The second kappa shape index (κ2) is 7.16. The predicted molar refractivity (Wildman–Crippen MR) is 93.9 cm³/mol. The van der Waals surface area contributed by atoms with E-state index in [1.807, 2.05) is 72.8 Å². The van der Waals surface area contributed by atoms with E-state index in [1.165, 1.54) is 11.8 Å². The molecule has 0 aromatic heterocycles. The highest BCUT2D eigenvalue weighted by Gasteiger charge is 2.24. The van der Waals surface area contributed by atoms with Crippen molar-refractivity contribution in [2.24, 2.45) is 0 Å². The number of phenolic OH excluding ortho intramolecular Hbond substituents is 1. The van der Waals surface area contributed by atoms with E-state index < -0.39 is 5.25 Å². The van der Waals surface area contributed by atoms with Gasteiger partial charge in [-0.2, -0.15) is 0 Å². The van der Waals surface area contributed by atoms with E-state index in [0.717, 1.165) is 5.56 Å². The Labute approximate surface area is 139 Å². The Morgan fingerprint density at radius 1 is 0.783 bits per heavy atom. The van der Waals surface area contributed by atoms with E-state index in [4.69, 9.17) is 0 Å². The molecule has 0 aliphatic carbocycles. The standard InChI is InChI=1S/C20H16O2S/c21-17-13-7-8-14-18(17)23-20(16-11-5-2-6-12-16)19(22)15-9-3-1-4-10-15/h1-14,20-21H. The lowest BCUT2D eigenvalue weighted by atomic mass is 10.0. The van der Waals surface area contributed by atoms with Gasteiger partial charge in [-0.15, -0.1) is 11.8 Å². The van der Waals surface area contributed by atoms with E-state index >= 15 is 0 Å². The molecule has 2 nitrogen and oxygen atoms in total. The zero-order valence-corrected chi connectivity index (χ0v) is 13.2. The average molecular weight is 320 g/mol. The fourth-order valence-electron chi connectivity index (χ4n) is 2.34. The topological polar surface area (TPSA) is 37.3 Å². The van der Waals surface area contributed by atoms with Gasteiger partial charge in [0.2, 0.25) is 0 Å². The summed E-state index contributed by atoms with van der Waals surface area (Å²) in [6, 6.07) is 26.0.